The summed E-state index contributed by atoms with van der Waals surface area (Å²) < 4.78 is 18.8. The molecule has 0 unspecified atom stereocenters. The van der Waals surface area contributed by atoms with E-state index in [-0.39, 0.29) is 11.9 Å². The predicted octanol–water partition coefficient (Wildman–Crippen LogP) is 5.07. The van der Waals surface area contributed by atoms with Gasteiger partial charge in [0.1, 0.15) is 17.4 Å². The maximum atomic E-state index is 13.0. The third kappa shape index (κ3) is 5.41. The van der Waals surface area contributed by atoms with Crippen LogP contribution in [0.15, 0.2) is 54.6 Å². The molecule has 0 bridgehead atoms. The van der Waals surface area contributed by atoms with Crippen molar-refractivity contribution >= 4 is 17.5 Å². The zero-order valence-electron chi connectivity index (χ0n) is 15.7. The molecule has 0 amide bonds. The molecule has 0 radical (unpaired) electrons. The molecular weight excluding hydrogens is 343 g/mol. The van der Waals surface area contributed by atoms with Crippen molar-refractivity contribution in [3.63, 3.8) is 0 Å². The van der Waals surface area contributed by atoms with Crippen molar-refractivity contribution in [3.8, 4) is 5.75 Å². The fourth-order valence-electron chi connectivity index (χ4n) is 2.56. The Morgan fingerprint density at radius 1 is 1.04 bits per heavy atom. The van der Waals surface area contributed by atoms with Gasteiger partial charge >= 0.3 is 0 Å². The Hall–Kier alpha value is -3.15. The molecule has 1 aromatic heterocycles. The monoisotopic (exact) mass is 366 g/mol. The van der Waals surface area contributed by atoms with Crippen LogP contribution in [0.3, 0.4) is 0 Å². The minimum absolute atomic E-state index is 0.0688. The lowest BCUT2D eigenvalue weighted by molar-refractivity contribution is 0.244. The number of rotatable bonds is 7. The van der Waals surface area contributed by atoms with Gasteiger partial charge in [0.15, 0.2) is 0 Å². The second-order valence-corrected chi connectivity index (χ2v) is 6.49. The summed E-state index contributed by atoms with van der Waals surface area (Å²) >= 11 is 0. The van der Waals surface area contributed by atoms with Crippen molar-refractivity contribution in [2.45, 2.75) is 33.4 Å². The van der Waals surface area contributed by atoms with Gasteiger partial charge in [-0.05, 0) is 50.6 Å². The average Bonchev–Trinajstić information content (AvgIpc) is 2.62. The lowest BCUT2D eigenvalue weighted by Crippen LogP contribution is -2.09. The Morgan fingerprint density at radius 3 is 2.52 bits per heavy atom. The van der Waals surface area contributed by atoms with E-state index in [0.29, 0.717) is 18.3 Å². The molecule has 1 heterocycles. The molecule has 0 spiro atoms. The van der Waals surface area contributed by atoms with E-state index in [1.807, 2.05) is 51.1 Å². The molecule has 0 saturated heterocycles. The van der Waals surface area contributed by atoms with E-state index in [1.54, 1.807) is 12.1 Å². The summed E-state index contributed by atoms with van der Waals surface area (Å²) in [7, 11) is 0. The van der Waals surface area contributed by atoms with Crippen molar-refractivity contribution in [1.29, 1.82) is 0 Å². The van der Waals surface area contributed by atoms with E-state index in [4.69, 9.17) is 4.74 Å². The standard InChI is InChI=1S/C21H23FN4O/c1-14(2)27-19-7-5-4-6-18(19)25-21-24-15(3)12-20(26-21)23-13-16-8-10-17(22)11-9-16/h4-12,14H,13H2,1-3H3,(H2,23,24,25,26). The number of hydrogen-bond acceptors (Lipinski definition) is 5. The predicted molar refractivity (Wildman–Crippen MR) is 106 cm³/mol. The third-order valence-electron chi connectivity index (χ3n) is 3.74. The second kappa shape index (κ2) is 8.49. The summed E-state index contributed by atoms with van der Waals surface area (Å²) in [4.78, 5) is 8.97. The number of aromatic nitrogens is 2. The molecule has 0 aliphatic carbocycles. The average molecular weight is 366 g/mol. The quantitative estimate of drug-likeness (QED) is 0.611. The minimum Gasteiger partial charge on any atom is -0.489 e. The maximum absolute atomic E-state index is 13.0. The van der Waals surface area contributed by atoms with E-state index in [2.05, 4.69) is 20.6 Å². The Bertz CT molecular complexity index is 897. The Morgan fingerprint density at radius 2 is 1.78 bits per heavy atom. The molecule has 0 saturated carbocycles. The Balaban J connectivity index is 1.74. The summed E-state index contributed by atoms with van der Waals surface area (Å²) in [5, 5.41) is 6.48. The number of benzene rings is 2. The molecule has 0 aliphatic rings. The van der Waals surface area contributed by atoms with Gasteiger partial charge in [0.05, 0.1) is 11.8 Å². The maximum Gasteiger partial charge on any atom is 0.229 e. The molecule has 27 heavy (non-hydrogen) atoms. The van der Waals surface area contributed by atoms with Crippen LogP contribution in [0.25, 0.3) is 0 Å². The van der Waals surface area contributed by atoms with Crippen molar-refractivity contribution < 1.29 is 9.13 Å². The normalized spacial score (nSPS) is 10.7. The van der Waals surface area contributed by atoms with Gasteiger partial charge in [0, 0.05) is 18.3 Å². The van der Waals surface area contributed by atoms with Crippen LogP contribution in [0.4, 0.5) is 21.8 Å². The molecule has 0 atom stereocenters. The van der Waals surface area contributed by atoms with Crippen LogP contribution in [-0.2, 0) is 6.54 Å². The smallest absolute Gasteiger partial charge is 0.229 e. The zero-order valence-corrected chi connectivity index (χ0v) is 15.7. The molecule has 0 fully saturated rings. The van der Waals surface area contributed by atoms with E-state index in [9.17, 15) is 4.39 Å². The third-order valence-corrected chi connectivity index (χ3v) is 3.74. The van der Waals surface area contributed by atoms with Gasteiger partial charge in [-0.1, -0.05) is 24.3 Å². The van der Waals surface area contributed by atoms with Crippen molar-refractivity contribution in [3.05, 3.63) is 71.7 Å². The molecule has 140 valence electrons. The first-order chi connectivity index (χ1) is 13.0. The summed E-state index contributed by atoms with van der Waals surface area (Å²) in [6, 6.07) is 15.9. The van der Waals surface area contributed by atoms with Gasteiger partial charge in [0.2, 0.25) is 5.95 Å². The number of aryl methyl sites for hydroxylation is 1. The zero-order chi connectivity index (χ0) is 19.2. The van der Waals surface area contributed by atoms with Crippen LogP contribution in [0, 0.1) is 12.7 Å². The highest BCUT2D eigenvalue weighted by Gasteiger charge is 2.08. The number of para-hydroxylation sites is 2. The largest absolute Gasteiger partial charge is 0.489 e. The van der Waals surface area contributed by atoms with Crippen molar-refractivity contribution in [2.75, 3.05) is 10.6 Å². The molecule has 3 aromatic rings. The van der Waals surface area contributed by atoms with Gasteiger partial charge in [0.25, 0.3) is 0 Å². The first-order valence-corrected chi connectivity index (χ1v) is 8.86. The number of hydrogen-bond donors (Lipinski definition) is 2. The highest BCUT2D eigenvalue weighted by atomic mass is 19.1. The Labute approximate surface area is 158 Å². The van der Waals surface area contributed by atoms with Gasteiger partial charge < -0.3 is 15.4 Å². The second-order valence-electron chi connectivity index (χ2n) is 6.49. The van der Waals surface area contributed by atoms with Crippen LogP contribution < -0.4 is 15.4 Å². The van der Waals surface area contributed by atoms with E-state index in [0.717, 1.165) is 22.7 Å². The molecule has 2 N–H and O–H groups in total. The van der Waals surface area contributed by atoms with Gasteiger partial charge in [-0.3, -0.25) is 0 Å². The van der Waals surface area contributed by atoms with E-state index in [1.165, 1.54) is 12.1 Å². The van der Waals surface area contributed by atoms with Gasteiger partial charge in [-0.25, -0.2) is 9.37 Å². The number of ether oxygens (including phenoxy) is 1. The van der Waals surface area contributed by atoms with Crippen LogP contribution in [0.2, 0.25) is 0 Å². The van der Waals surface area contributed by atoms with Crippen LogP contribution in [0.5, 0.6) is 5.75 Å². The summed E-state index contributed by atoms with van der Waals surface area (Å²) in [6.07, 6.45) is 0.0688. The first kappa shape index (κ1) is 18.6. The van der Waals surface area contributed by atoms with Crippen LogP contribution in [0.1, 0.15) is 25.1 Å². The Kier molecular flexibility index (Phi) is 5.86. The molecule has 2 aromatic carbocycles. The van der Waals surface area contributed by atoms with Crippen LogP contribution in [-0.4, -0.2) is 16.1 Å². The van der Waals surface area contributed by atoms with Gasteiger partial charge in [-0.2, -0.15) is 4.98 Å². The molecule has 3 rings (SSSR count). The van der Waals surface area contributed by atoms with Crippen LogP contribution >= 0.6 is 0 Å². The molecule has 6 heteroatoms. The summed E-state index contributed by atoms with van der Waals surface area (Å²) in [5.41, 5.74) is 2.61. The SMILES string of the molecule is Cc1cc(NCc2ccc(F)cc2)nc(Nc2ccccc2OC(C)C)n1. The van der Waals surface area contributed by atoms with Gasteiger partial charge in [-0.15, -0.1) is 0 Å². The summed E-state index contributed by atoms with van der Waals surface area (Å²) in [5.74, 6) is 1.68. The molecule has 0 aliphatic heterocycles. The number of nitrogens with one attached hydrogen (secondary N) is 2. The highest BCUT2D eigenvalue weighted by Crippen LogP contribution is 2.27. The van der Waals surface area contributed by atoms with E-state index >= 15 is 0 Å². The molecular formula is C21H23FN4O. The fraction of sp³-hybridized carbons (Fsp3) is 0.238. The minimum atomic E-state index is -0.245. The fourth-order valence-corrected chi connectivity index (χ4v) is 2.56. The number of halogens is 1. The summed E-state index contributed by atoms with van der Waals surface area (Å²) in [6.45, 7) is 6.42. The van der Waals surface area contributed by atoms with Crippen molar-refractivity contribution in [1.82, 2.24) is 9.97 Å². The highest BCUT2D eigenvalue weighted by molar-refractivity contribution is 5.63. The topological polar surface area (TPSA) is 59.1 Å². The number of anilines is 3. The van der Waals surface area contributed by atoms with E-state index < -0.39 is 0 Å². The van der Waals surface area contributed by atoms with Crippen molar-refractivity contribution in [2.24, 2.45) is 0 Å². The lowest BCUT2D eigenvalue weighted by Gasteiger charge is -2.15. The molecule has 5 nitrogen and oxygen atoms in total. The lowest BCUT2D eigenvalue weighted by atomic mass is 10.2. The number of nitrogens with zero attached hydrogens (tertiary/aromatic N) is 2. The first-order valence-electron chi connectivity index (χ1n) is 8.86.